The van der Waals surface area contributed by atoms with Crippen LogP contribution in [0.25, 0.3) is 0 Å². The number of carbonyl (C=O) groups excluding carboxylic acids is 2. The standard InChI is InChI=1S/C22H27FN4O2/c23-17-8-6-15(7-9-17)12-20(28)27-11-10-19-18(14-27)21(26-25-19)22(29)24-13-16-4-2-1-3-5-16/h6-9,16H,1-5,10-14H2,(H,24,29)(H,25,26). The molecule has 1 aromatic carbocycles. The van der Waals surface area contributed by atoms with E-state index in [1.165, 1.54) is 44.2 Å². The Labute approximate surface area is 169 Å². The summed E-state index contributed by atoms with van der Waals surface area (Å²) in [6.07, 6.45) is 6.98. The van der Waals surface area contributed by atoms with Crippen molar-refractivity contribution in [1.82, 2.24) is 20.4 Å². The number of H-pyrrole nitrogens is 1. The zero-order valence-corrected chi connectivity index (χ0v) is 16.5. The number of halogens is 1. The van der Waals surface area contributed by atoms with Gasteiger partial charge in [0.05, 0.1) is 6.42 Å². The maximum absolute atomic E-state index is 13.1. The summed E-state index contributed by atoms with van der Waals surface area (Å²) in [5.74, 6) is 0.0419. The molecule has 2 aliphatic rings. The summed E-state index contributed by atoms with van der Waals surface area (Å²) in [4.78, 5) is 27.1. The number of aromatic amines is 1. The van der Waals surface area contributed by atoms with Crippen molar-refractivity contribution in [3.8, 4) is 0 Å². The minimum Gasteiger partial charge on any atom is -0.350 e. The molecule has 0 radical (unpaired) electrons. The molecule has 1 fully saturated rings. The third-order valence-corrected chi connectivity index (χ3v) is 6.05. The van der Waals surface area contributed by atoms with Crippen molar-refractivity contribution in [3.63, 3.8) is 0 Å². The largest absolute Gasteiger partial charge is 0.350 e. The fourth-order valence-electron chi connectivity index (χ4n) is 4.30. The fourth-order valence-corrected chi connectivity index (χ4v) is 4.30. The average Bonchev–Trinajstić information content (AvgIpc) is 3.18. The Balaban J connectivity index is 1.38. The van der Waals surface area contributed by atoms with E-state index in [-0.39, 0.29) is 24.1 Å². The van der Waals surface area contributed by atoms with Gasteiger partial charge in [-0.2, -0.15) is 5.10 Å². The number of nitrogens with one attached hydrogen (secondary N) is 2. The van der Waals surface area contributed by atoms with E-state index < -0.39 is 0 Å². The van der Waals surface area contributed by atoms with Gasteiger partial charge in [0.2, 0.25) is 5.91 Å². The Morgan fingerprint density at radius 1 is 1.17 bits per heavy atom. The molecular formula is C22H27FN4O2. The molecule has 0 atom stereocenters. The van der Waals surface area contributed by atoms with Crippen LogP contribution in [0.2, 0.25) is 0 Å². The van der Waals surface area contributed by atoms with Crippen molar-refractivity contribution in [2.24, 2.45) is 5.92 Å². The van der Waals surface area contributed by atoms with E-state index in [0.717, 1.165) is 16.8 Å². The fraction of sp³-hybridized carbons (Fsp3) is 0.500. The number of amides is 2. The lowest BCUT2D eigenvalue weighted by molar-refractivity contribution is -0.131. The van der Waals surface area contributed by atoms with Gasteiger partial charge in [0.15, 0.2) is 5.69 Å². The molecule has 2 N–H and O–H groups in total. The molecule has 0 spiro atoms. The number of hydrogen-bond acceptors (Lipinski definition) is 3. The zero-order chi connectivity index (χ0) is 20.2. The average molecular weight is 398 g/mol. The normalized spacial score (nSPS) is 17.1. The van der Waals surface area contributed by atoms with Gasteiger partial charge < -0.3 is 10.2 Å². The van der Waals surface area contributed by atoms with E-state index in [1.54, 1.807) is 17.0 Å². The van der Waals surface area contributed by atoms with Crippen molar-refractivity contribution < 1.29 is 14.0 Å². The summed E-state index contributed by atoms with van der Waals surface area (Å²) in [6.45, 7) is 1.64. The molecule has 0 saturated heterocycles. The van der Waals surface area contributed by atoms with Crippen molar-refractivity contribution in [1.29, 1.82) is 0 Å². The summed E-state index contributed by atoms with van der Waals surface area (Å²) in [6, 6.07) is 5.98. The minimum atomic E-state index is -0.314. The number of nitrogens with zero attached hydrogens (tertiary/aromatic N) is 2. The molecule has 2 amide bonds. The van der Waals surface area contributed by atoms with Crippen LogP contribution in [0, 0.1) is 11.7 Å². The lowest BCUT2D eigenvalue weighted by Crippen LogP contribution is -2.38. The smallest absolute Gasteiger partial charge is 0.272 e. The van der Waals surface area contributed by atoms with Gasteiger partial charge in [0.1, 0.15) is 5.82 Å². The van der Waals surface area contributed by atoms with Crippen LogP contribution in [0.5, 0.6) is 0 Å². The number of aromatic nitrogens is 2. The van der Waals surface area contributed by atoms with Crippen molar-refractivity contribution in [3.05, 3.63) is 52.6 Å². The van der Waals surface area contributed by atoms with Gasteiger partial charge in [-0.05, 0) is 36.5 Å². The topological polar surface area (TPSA) is 78.1 Å². The Bertz CT molecular complexity index is 871. The maximum atomic E-state index is 13.1. The van der Waals surface area contributed by atoms with Crippen LogP contribution in [-0.4, -0.2) is 40.0 Å². The minimum absolute atomic E-state index is 0.0305. The lowest BCUT2D eigenvalue weighted by atomic mass is 9.89. The molecule has 1 aromatic heterocycles. The van der Waals surface area contributed by atoms with Gasteiger partial charge in [-0.15, -0.1) is 0 Å². The van der Waals surface area contributed by atoms with Crippen molar-refractivity contribution in [2.75, 3.05) is 13.1 Å². The quantitative estimate of drug-likeness (QED) is 0.813. The number of benzene rings is 1. The van der Waals surface area contributed by atoms with Gasteiger partial charge in [-0.25, -0.2) is 4.39 Å². The van der Waals surface area contributed by atoms with Gasteiger partial charge >= 0.3 is 0 Å². The highest BCUT2D eigenvalue weighted by atomic mass is 19.1. The van der Waals surface area contributed by atoms with Crippen LogP contribution < -0.4 is 5.32 Å². The first kappa shape index (κ1) is 19.6. The monoisotopic (exact) mass is 398 g/mol. The molecular weight excluding hydrogens is 371 g/mol. The highest BCUT2D eigenvalue weighted by molar-refractivity contribution is 5.94. The number of carbonyl (C=O) groups is 2. The molecule has 7 heteroatoms. The molecule has 1 aliphatic carbocycles. The summed E-state index contributed by atoms with van der Waals surface area (Å²) >= 11 is 0. The second-order valence-corrected chi connectivity index (χ2v) is 8.11. The second-order valence-electron chi connectivity index (χ2n) is 8.11. The highest BCUT2D eigenvalue weighted by Gasteiger charge is 2.28. The van der Waals surface area contributed by atoms with E-state index in [0.29, 0.717) is 37.7 Å². The summed E-state index contributed by atoms with van der Waals surface area (Å²) < 4.78 is 13.1. The number of hydrogen-bond donors (Lipinski definition) is 2. The second kappa shape index (κ2) is 8.76. The predicted octanol–water partition coefficient (Wildman–Crippen LogP) is 2.99. The highest BCUT2D eigenvalue weighted by Crippen LogP contribution is 2.24. The Morgan fingerprint density at radius 2 is 1.93 bits per heavy atom. The summed E-state index contributed by atoms with van der Waals surface area (Å²) in [5.41, 5.74) is 2.92. The predicted molar refractivity (Wildman–Crippen MR) is 107 cm³/mol. The van der Waals surface area contributed by atoms with E-state index in [2.05, 4.69) is 15.5 Å². The Morgan fingerprint density at radius 3 is 2.69 bits per heavy atom. The first-order valence-electron chi connectivity index (χ1n) is 10.5. The van der Waals surface area contributed by atoms with Crippen LogP contribution in [0.1, 0.15) is 59.4 Å². The summed E-state index contributed by atoms with van der Waals surface area (Å²) in [7, 11) is 0. The third kappa shape index (κ3) is 4.66. The van der Waals surface area contributed by atoms with Gasteiger partial charge in [0, 0.05) is 37.3 Å². The van der Waals surface area contributed by atoms with Crippen LogP contribution in [0.3, 0.4) is 0 Å². The van der Waals surface area contributed by atoms with Gasteiger partial charge in [-0.3, -0.25) is 14.7 Å². The Hall–Kier alpha value is -2.70. The van der Waals surface area contributed by atoms with Crippen LogP contribution in [0.4, 0.5) is 4.39 Å². The molecule has 154 valence electrons. The molecule has 2 aromatic rings. The maximum Gasteiger partial charge on any atom is 0.272 e. The van der Waals surface area contributed by atoms with E-state index in [9.17, 15) is 14.0 Å². The number of fused-ring (bicyclic) bond motifs is 1. The molecule has 0 bridgehead atoms. The third-order valence-electron chi connectivity index (χ3n) is 6.05. The SMILES string of the molecule is O=C(NCC1CCCCC1)c1n[nH]c2c1CN(C(=O)Cc1ccc(F)cc1)CC2. The lowest BCUT2D eigenvalue weighted by Gasteiger charge is -2.27. The molecule has 6 nitrogen and oxygen atoms in total. The molecule has 2 heterocycles. The first-order valence-corrected chi connectivity index (χ1v) is 10.5. The molecule has 1 saturated carbocycles. The Kier molecular flexibility index (Phi) is 5.92. The molecule has 0 unspecified atom stereocenters. The van der Waals surface area contributed by atoms with E-state index >= 15 is 0 Å². The molecule has 1 aliphatic heterocycles. The van der Waals surface area contributed by atoms with Crippen molar-refractivity contribution in [2.45, 2.75) is 51.5 Å². The number of rotatable bonds is 5. The van der Waals surface area contributed by atoms with Gasteiger partial charge in [-0.1, -0.05) is 31.4 Å². The zero-order valence-electron chi connectivity index (χ0n) is 16.5. The first-order chi connectivity index (χ1) is 14.1. The van der Waals surface area contributed by atoms with E-state index in [4.69, 9.17) is 0 Å². The van der Waals surface area contributed by atoms with Crippen molar-refractivity contribution >= 4 is 11.8 Å². The van der Waals surface area contributed by atoms with E-state index in [1.807, 2.05) is 0 Å². The summed E-state index contributed by atoms with van der Waals surface area (Å²) in [5, 5.41) is 10.2. The van der Waals surface area contributed by atoms with Crippen LogP contribution >= 0.6 is 0 Å². The molecule has 4 rings (SSSR count). The molecule has 29 heavy (non-hydrogen) atoms. The van der Waals surface area contributed by atoms with Gasteiger partial charge in [0.25, 0.3) is 5.91 Å². The van der Waals surface area contributed by atoms with Crippen LogP contribution in [-0.2, 0) is 24.2 Å². The van der Waals surface area contributed by atoms with Crippen LogP contribution in [0.15, 0.2) is 24.3 Å².